The van der Waals surface area contributed by atoms with Crippen LogP contribution < -0.4 is 10.6 Å². The van der Waals surface area contributed by atoms with Gasteiger partial charge in [0.2, 0.25) is 0 Å². The number of morpholine rings is 1. The number of nitrogens with zero attached hydrogens (tertiary/aromatic N) is 3. The van der Waals surface area contributed by atoms with Crippen LogP contribution in [0.4, 0.5) is 0 Å². The summed E-state index contributed by atoms with van der Waals surface area (Å²) in [6.07, 6.45) is 1.84. The van der Waals surface area contributed by atoms with E-state index in [1.165, 1.54) is 11.1 Å². The second-order valence-electron chi connectivity index (χ2n) is 7.70. The van der Waals surface area contributed by atoms with Crippen LogP contribution in [0.1, 0.15) is 23.6 Å². The summed E-state index contributed by atoms with van der Waals surface area (Å²) in [6.45, 7) is 8.80. The van der Waals surface area contributed by atoms with Crippen molar-refractivity contribution in [1.82, 2.24) is 20.5 Å². The summed E-state index contributed by atoms with van der Waals surface area (Å²) >= 11 is 0. The molecule has 1 saturated heterocycles. The number of rotatable bonds is 7. The molecule has 0 aliphatic carbocycles. The number of halogens is 1. The van der Waals surface area contributed by atoms with Gasteiger partial charge in [-0.15, -0.1) is 24.0 Å². The Morgan fingerprint density at radius 1 is 0.969 bits per heavy atom. The van der Waals surface area contributed by atoms with Gasteiger partial charge in [-0.25, -0.2) is 4.99 Å². The van der Waals surface area contributed by atoms with Gasteiger partial charge in [-0.1, -0.05) is 48.5 Å². The van der Waals surface area contributed by atoms with Crippen molar-refractivity contribution in [2.45, 2.75) is 26.6 Å². The van der Waals surface area contributed by atoms with Gasteiger partial charge in [0, 0.05) is 44.3 Å². The third-order valence-corrected chi connectivity index (χ3v) is 5.53. The molecule has 3 aromatic rings. The molecular weight excluding hydrogens is 513 g/mol. The largest absolute Gasteiger partial charge is 0.379 e. The van der Waals surface area contributed by atoms with Crippen molar-refractivity contribution in [2.24, 2.45) is 4.99 Å². The van der Waals surface area contributed by atoms with Crippen molar-refractivity contribution < 1.29 is 4.74 Å². The van der Waals surface area contributed by atoms with Crippen LogP contribution in [0, 0.1) is 0 Å². The van der Waals surface area contributed by atoms with Crippen LogP contribution in [0.3, 0.4) is 0 Å². The lowest BCUT2D eigenvalue weighted by molar-refractivity contribution is 0.0341. The first kappa shape index (κ1) is 24.4. The smallest absolute Gasteiger partial charge is 0.191 e. The first-order valence-electron chi connectivity index (χ1n) is 11.0. The van der Waals surface area contributed by atoms with Crippen LogP contribution in [0.2, 0.25) is 0 Å². The first-order chi connectivity index (χ1) is 15.3. The first-order valence-corrected chi connectivity index (χ1v) is 11.0. The summed E-state index contributed by atoms with van der Waals surface area (Å²) < 4.78 is 5.48. The Kier molecular flexibility index (Phi) is 9.70. The molecule has 2 heterocycles. The van der Waals surface area contributed by atoms with Gasteiger partial charge < -0.3 is 15.4 Å². The Labute approximate surface area is 207 Å². The molecule has 0 bridgehead atoms. The molecule has 1 aromatic heterocycles. The number of ether oxygens (including phenoxy) is 1. The van der Waals surface area contributed by atoms with E-state index in [4.69, 9.17) is 9.73 Å². The zero-order chi connectivity index (χ0) is 21.3. The van der Waals surface area contributed by atoms with Crippen molar-refractivity contribution in [3.63, 3.8) is 0 Å². The SMILES string of the molecule is CCNC(=NCc1cccc2cccnc12)NCc1ccccc1CN1CCOCC1.I. The summed E-state index contributed by atoms with van der Waals surface area (Å²) in [5, 5.41) is 8.02. The summed E-state index contributed by atoms with van der Waals surface area (Å²) in [5.74, 6) is 0.816. The molecule has 1 aliphatic heterocycles. The average Bonchev–Trinajstić information content (AvgIpc) is 2.82. The molecule has 170 valence electrons. The van der Waals surface area contributed by atoms with E-state index in [0.29, 0.717) is 6.54 Å². The van der Waals surface area contributed by atoms with Crippen LogP contribution in [0.25, 0.3) is 10.9 Å². The van der Waals surface area contributed by atoms with Crippen molar-refractivity contribution in [3.8, 4) is 0 Å². The molecular formula is C25H32IN5O. The van der Waals surface area contributed by atoms with Crippen molar-refractivity contribution >= 4 is 40.8 Å². The Morgan fingerprint density at radius 3 is 2.53 bits per heavy atom. The molecule has 2 aromatic carbocycles. The lowest BCUT2D eigenvalue weighted by Gasteiger charge is -2.27. The lowest BCUT2D eigenvalue weighted by atomic mass is 10.1. The number of pyridine rings is 1. The lowest BCUT2D eigenvalue weighted by Crippen LogP contribution is -2.38. The molecule has 1 fully saturated rings. The van der Waals surface area contributed by atoms with E-state index in [1.807, 2.05) is 12.3 Å². The second kappa shape index (κ2) is 12.7. The molecule has 2 N–H and O–H groups in total. The number of benzene rings is 2. The number of fused-ring (bicyclic) bond motifs is 1. The van der Waals surface area contributed by atoms with Crippen molar-refractivity contribution in [1.29, 1.82) is 0 Å². The van der Waals surface area contributed by atoms with Gasteiger partial charge >= 0.3 is 0 Å². The number of aromatic nitrogens is 1. The fourth-order valence-corrected chi connectivity index (χ4v) is 3.86. The molecule has 6 nitrogen and oxygen atoms in total. The minimum atomic E-state index is 0. The number of guanidine groups is 1. The van der Waals surface area contributed by atoms with Gasteiger partial charge in [-0.05, 0) is 29.7 Å². The van der Waals surface area contributed by atoms with Crippen LogP contribution >= 0.6 is 24.0 Å². The highest BCUT2D eigenvalue weighted by Gasteiger charge is 2.13. The van der Waals surface area contributed by atoms with Gasteiger partial charge in [0.25, 0.3) is 0 Å². The summed E-state index contributed by atoms with van der Waals surface area (Å²) in [5.41, 5.74) is 4.79. The van der Waals surface area contributed by atoms with Crippen LogP contribution in [-0.2, 0) is 24.4 Å². The molecule has 0 saturated carbocycles. The summed E-state index contributed by atoms with van der Waals surface area (Å²) in [7, 11) is 0. The predicted octanol–water partition coefficient (Wildman–Crippen LogP) is 3.94. The van der Waals surface area contributed by atoms with Crippen LogP contribution in [0.5, 0.6) is 0 Å². The van der Waals surface area contributed by atoms with E-state index in [2.05, 4.69) is 76.0 Å². The van der Waals surface area contributed by atoms with E-state index < -0.39 is 0 Å². The molecule has 7 heteroatoms. The molecule has 0 spiro atoms. The molecule has 0 amide bonds. The van der Waals surface area contributed by atoms with E-state index >= 15 is 0 Å². The van der Waals surface area contributed by atoms with Crippen LogP contribution in [-0.4, -0.2) is 48.7 Å². The zero-order valence-electron chi connectivity index (χ0n) is 18.6. The molecule has 4 rings (SSSR count). The standard InChI is InChI=1S/C25H31N5O.HI/c1-2-26-25(29-18-22-10-5-9-20-11-6-12-27-24(20)22)28-17-21-7-3-4-8-23(21)19-30-13-15-31-16-14-30;/h3-12H,2,13-19H2,1H3,(H2,26,28,29);1H. The highest BCUT2D eigenvalue weighted by Crippen LogP contribution is 2.17. The zero-order valence-corrected chi connectivity index (χ0v) is 20.9. The predicted molar refractivity (Wildman–Crippen MR) is 141 cm³/mol. The molecule has 1 aliphatic rings. The van der Waals surface area contributed by atoms with Crippen molar-refractivity contribution in [2.75, 3.05) is 32.8 Å². The van der Waals surface area contributed by atoms with Crippen LogP contribution in [0.15, 0.2) is 65.8 Å². The van der Waals surface area contributed by atoms with E-state index in [0.717, 1.165) is 68.4 Å². The number of aliphatic imine (C=N–C) groups is 1. The third-order valence-electron chi connectivity index (χ3n) is 5.53. The van der Waals surface area contributed by atoms with Gasteiger partial charge in [0.1, 0.15) is 0 Å². The monoisotopic (exact) mass is 545 g/mol. The van der Waals surface area contributed by atoms with Gasteiger partial charge in [-0.3, -0.25) is 9.88 Å². The number of hydrogen-bond donors (Lipinski definition) is 2. The molecule has 0 unspecified atom stereocenters. The Hall–Kier alpha value is -2.23. The summed E-state index contributed by atoms with van der Waals surface area (Å²) in [4.78, 5) is 11.8. The van der Waals surface area contributed by atoms with Gasteiger partial charge in [0.15, 0.2) is 5.96 Å². The topological polar surface area (TPSA) is 61.8 Å². The number of hydrogen-bond acceptors (Lipinski definition) is 4. The minimum absolute atomic E-state index is 0. The van der Waals surface area contributed by atoms with E-state index in [1.54, 1.807) is 0 Å². The van der Waals surface area contributed by atoms with Gasteiger partial charge in [-0.2, -0.15) is 0 Å². The van der Waals surface area contributed by atoms with Gasteiger partial charge in [0.05, 0.1) is 25.3 Å². The Balaban J connectivity index is 0.00000289. The fourth-order valence-electron chi connectivity index (χ4n) is 3.86. The molecule has 0 atom stereocenters. The highest BCUT2D eigenvalue weighted by molar-refractivity contribution is 14.0. The minimum Gasteiger partial charge on any atom is -0.379 e. The normalized spacial score (nSPS) is 14.7. The molecule has 0 radical (unpaired) electrons. The Bertz CT molecular complexity index is 1010. The van der Waals surface area contributed by atoms with E-state index in [-0.39, 0.29) is 24.0 Å². The Morgan fingerprint density at radius 2 is 1.72 bits per heavy atom. The molecule has 32 heavy (non-hydrogen) atoms. The highest BCUT2D eigenvalue weighted by atomic mass is 127. The number of para-hydroxylation sites is 1. The maximum atomic E-state index is 5.48. The number of nitrogens with one attached hydrogen (secondary N) is 2. The second-order valence-corrected chi connectivity index (χ2v) is 7.70. The van der Waals surface area contributed by atoms with E-state index in [9.17, 15) is 0 Å². The van der Waals surface area contributed by atoms with Crippen molar-refractivity contribution in [3.05, 3.63) is 77.5 Å². The quantitative estimate of drug-likeness (QED) is 0.268. The summed E-state index contributed by atoms with van der Waals surface area (Å²) in [6, 6.07) is 18.9. The third kappa shape index (κ3) is 6.63. The average molecular weight is 545 g/mol. The maximum absolute atomic E-state index is 5.48. The fraction of sp³-hybridized carbons (Fsp3) is 0.360. The maximum Gasteiger partial charge on any atom is 0.191 e.